The molecule has 2 fully saturated rings. The van der Waals surface area contributed by atoms with E-state index >= 15 is 0 Å². The molecule has 2 aliphatic rings. The minimum absolute atomic E-state index is 0.133. The van der Waals surface area contributed by atoms with Gasteiger partial charge in [-0.05, 0) is 59.9 Å². The highest BCUT2D eigenvalue weighted by Gasteiger charge is 2.47. The Morgan fingerprint density at radius 1 is 1.04 bits per heavy atom. The molecular weight excluding hydrogens is 311 g/mol. The predicted molar refractivity (Wildman–Crippen MR) is 99.2 cm³/mol. The largest absolute Gasteiger partial charge is 0.361 e. The van der Waals surface area contributed by atoms with Crippen LogP contribution in [0.4, 0.5) is 4.39 Å². The van der Waals surface area contributed by atoms with Crippen LogP contribution in [0.3, 0.4) is 0 Å². The van der Waals surface area contributed by atoms with Crippen molar-refractivity contribution in [2.24, 2.45) is 11.8 Å². The van der Waals surface area contributed by atoms with Crippen LogP contribution in [0.5, 0.6) is 0 Å². The van der Waals surface area contributed by atoms with Gasteiger partial charge in [-0.3, -0.25) is 0 Å². The summed E-state index contributed by atoms with van der Waals surface area (Å²) in [5, 5.41) is 1.36. The summed E-state index contributed by atoms with van der Waals surface area (Å²) in [6.45, 7) is 3.55. The summed E-state index contributed by atoms with van der Waals surface area (Å²) in [5.74, 6) is 2.08. The number of rotatable bonds is 4. The van der Waals surface area contributed by atoms with E-state index in [0.717, 1.165) is 24.8 Å². The Balaban J connectivity index is 1.22. The Morgan fingerprint density at radius 2 is 1.88 bits per heavy atom. The molecule has 1 N–H and O–H groups in total. The third kappa shape index (κ3) is 2.67. The normalized spacial score (nSPS) is 25.9. The van der Waals surface area contributed by atoms with E-state index < -0.39 is 0 Å². The summed E-state index contributed by atoms with van der Waals surface area (Å²) in [5.41, 5.74) is 3.97. The molecule has 3 atom stereocenters. The molecule has 0 bridgehead atoms. The number of benzene rings is 2. The van der Waals surface area contributed by atoms with Crippen LogP contribution >= 0.6 is 0 Å². The van der Waals surface area contributed by atoms with Gasteiger partial charge < -0.3 is 9.88 Å². The first-order valence-electron chi connectivity index (χ1n) is 9.31. The number of aromatic amines is 1. The maximum atomic E-state index is 13.1. The fourth-order valence-electron chi connectivity index (χ4n) is 4.89. The van der Waals surface area contributed by atoms with Gasteiger partial charge in [0.15, 0.2) is 0 Å². The summed E-state index contributed by atoms with van der Waals surface area (Å²) in [7, 11) is 0. The molecule has 0 spiro atoms. The highest BCUT2D eigenvalue weighted by Crippen LogP contribution is 2.51. The average Bonchev–Trinajstić information content (AvgIpc) is 3.17. The summed E-state index contributed by atoms with van der Waals surface area (Å²) in [6, 6.07) is 15.7. The van der Waals surface area contributed by atoms with E-state index in [1.165, 1.54) is 41.5 Å². The first-order chi connectivity index (χ1) is 12.3. The van der Waals surface area contributed by atoms with E-state index in [9.17, 15) is 4.39 Å². The molecule has 1 aliphatic carbocycles. The number of hydrogen-bond acceptors (Lipinski definition) is 1. The molecule has 3 unspecified atom stereocenters. The molecule has 3 heteroatoms. The lowest BCUT2D eigenvalue weighted by atomic mass is 9.64. The summed E-state index contributed by atoms with van der Waals surface area (Å²) in [4.78, 5) is 6.00. The third-order valence-electron chi connectivity index (χ3n) is 6.31. The topological polar surface area (TPSA) is 19.0 Å². The molecule has 25 heavy (non-hydrogen) atoms. The van der Waals surface area contributed by atoms with Crippen LogP contribution in [0.1, 0.15) is 23.5 Å². The van der Waals surface area contributed by atoms with Crippen molar-refractivity contribution in [3.05, 3.63) is 71.7 Å². The van der Waals surface area contributed by atoms with Crippen LogP contribution in [0.2, 0.25) is 0 Å². The summed E-state index contributed by atoms with van der Waals surface area (Å²) in [6.07, 6.45) is 4.53. The molecule has 3 aromatic rings. The number of aromatic nitrogens is 1. The van der Waals surface area contributed by atoms with Crippen LogP contribution in [0.15, 0.2) is 54.7 Å². The van der Waals surface area contributed by atoms with Gasteiger partial charge >= 0.3 is 0 Å². The second-order valence-electron chi connectivity index (χ2n) is 7.69. The minimum atomic E-state index is -0.133. The Kier molecular flexibility index (Phi) is 3.63. The monoisotopic (exact) mass is 334 g/mol. The molecular formula is C22H23FN2. The lowest BCUT2D eigenvalue weighted by Gasteiger charge is -2.40. The van der Waals surface area contributed by atoms with E-state index in [1.807, 2.05) is 12.1 Å². The smallest absolute Gasteiger partial charge is 0.123 e. The number of fused-ring (bicyclic) bond motifs is 2. The number of H-pyrrole nitrogens is 1. The maximum Gasteiger partial charge on any atom is 0.123 e. The Hall–Kier alpha value is -2.13. The van der Waals surface area contributed by atoms with Crippen LogP contribution < -0.4 is 0 Å². The predicted octanol–water partition coefficient (Wildman–Crippen LogP) is 4.59. The zero-order valence-electron chi connectivity index (χ0n) is 14.3. The van der Waals surface area contributed by atoms with Gasteiger partial charge in [0.25, 0.3) is 0 Å². The second-order valence-corrected chi connectivity index (χ2v) is 7.69. The first kappa shape index (κ1) is 15.2. The fraction of sp³-hybridized carbons (Fsp3) is 0.364. The molecule has 0 radical (unpaired) electrons. The van der Waals surface area contributed by atoms with Gasteiger partial charge in [-0.25, -0.2) is 4.39 Å². The Labute approximate surface area is 147 Å². The van der Waals surface area contributed by atoms with Gasteiger partial charge in [-0.1, -0.05) is 30.3 Å². The Bertz CT molecular complexity index is 882. The van der Waals surface area contributed by atoms with Crippen molar-refractivity contribution in [2.75, 3.05) is 19.6 Å². The van der Waals surface area contributed by atoms with Gasteiger partial charge in [-0.2, -0.15) is 0 Å². The van der Waals surface area contributed by atoms with E-state index in [2.05, 4.69) is 40.3 Å². The molecule has 1 aliphatic heterocycles. The van der Waals surface area contributed by atoms with E-state index in [4.69, 9.17) is 0 Å². The van der Waals surface area contributed by atoms with Crippen molar-refractivity contribution in [1.82, 2.24) is 9.88 Å². The molecule has 1 saturated carbocycles. The number of hydrogen-bond donors (Lipinski definition) is 1. The highest BCUT2D eigenvalue weighted by molar-refractivity contribution is 5.83. The quantitative estimate of drug-likeness (QED) is 0.740. The van der Waals surface area contributed by atoms with Crippen LogP contribution in [0, 0.1) is 17.7 Å². The second kappa shape index (κ2) is 5.99. The zero-order chi connectivity index (χ0) is 16.8. The maximum absolute atomic E-state index is 13.1. The first-order valence-corrected chi connectivity index (χ1v) is 9.31. The van der Waals surface area contributed by atoms with Crippen molar-refractivity contribution in [3.63, 3.8) is 0 Å². The minimum Gasteiger partial charge on any atom is -0.361 e. The Morgan fingerprint density at radius 3 is 2.76 bits per heavy atom. The van der Waals surface area contributed by atoms with Crippen LogP contribution in [-0.4, -0.2) is 29.5 Å². The highest BCUT2D eigenvalue weighted by atomic mass is 19.1. The van der Waals surface area contributed by atoms with E-state index in [0.29, 0.717) is 5.92 Å². The number of para-hydroxylation sites is 1. The van der Waals surface area contributed by atoms with Crippen LogP contribution in [-0.2, 0) is 6.42 Å². The van der Waals surface area contributed by atoms with Crippen molar-refractivity contribution in [3.8, 4) is 0 Å². The third-order valence-corrected chi connectivity index (χ3v) is 6.31. The van der Waals surface area contributed by atoms with Crippen molar-refractivity contribution in [2.45, 2.75) is 18.8 Å². The summed E-state index contributed by atoms with van der Waals surface area (Å²) < 4.78 is 13.1. The summed E-state index contributed by atoms with van der Waals surface area (Å²) >= 11 is 0. The molecule has 2 aromatic carbocycles. The molecule has 1 aromatic heterocycles. The standard InChI is InChI=1S/C22H23FN2/c23-18-7-5-15(6-8-18)20-11-17-13-25(14-21(17)20)10-9-16-12-24-22-4-2-1-3-19(16)22/h1-8,12,17,20-21,24H,9-11,13-14H2. The fourth-order valence-corrected chi connectivity index (χ4v) is 4.89. The molecule has 5 rings (SSSR count). The lowest BCUT2D eigenvalue weighted by molar-refractivity contribution is 0.191. The van der Waals surface area contributed by atoms with Crippen molar-refractivity contribution in [1.29, 1.82) is 0 Å². The van der Waals surface area contributed by atoms with Gasteiger partial charge in [0.1, 0.15) is 5.82 Å². The van der Waals surface area contributed by atoms with Gasteiger partial charge in [0, 0.05) is 36.7 Å². The van der Waals surface area contributed by atoms with Gasteiger partial charge in [0.05, 0.1) is 0 Å². The van der Waals surface area contributed by atoms with Crippen molar-refractivity contribution < 1.29 is 4.39 Å². The van der Waals surface area contributed by atoms with E-state index in [-0.39, 0.29) is 5.82 Å². The van der Waals surface area contributed by atoms with E-state index in [1.54, 1.807) is 12.1 Å². The van der Waals surface area contributed by atoms with Crippen molar-refractivity contribution >= 4 is 10.9 Å². The SMILES string of the molecule is Fc1ccc(C2CC3CN(CCc4c[nH]c5ccccc45)CC32)cc1. The number of likely N-dealkylation sites (tertiary alicyclic amines) is 1. The zero-order valence-corrected chi connectivity index (χ0v) is 14.3. The van der Waals surface area contributed by atoms with Gasteiger partial charge in [-0.15, -0.1) is 0 Å². The molecule has 2 heterocycles. The number of nitrogens with one attached hydrogen (secondary N) is 1. The van der Waals surface area contributed by atoms with Crippen LogP contribution in [0.25, 0.3) is 10.9 Å². The molecule has 128 valence electrons. The van der Waals surface area contributed by atoms with Gasteiger partial charge in [0.2, 0.25) is 0 Å². The molecule has 1 saturated heterocycles. The average molecular weight is 334 g/mol. The molecule has 0 amide bonds. The molecule has 2 nitrogen and oxygen atoms in total. The number of halogens is 1. The lowest BCUT2D eigenvalue weighted by Crippen LogP contribution is -2.33. The number of nitrogens with zero attached hydrogens (tertiary/aromatic N) is 1.